The predicted molar refractivity (Wildman–Crippen MR) is 43.7 cm³/mol. The molecule has 1 N–H and O–H groups in total. The molecule has 0 aromatic carbocycles. The third-order valence-electron chi connectivity index (χ3n) is 2.71. The molecule has 1 saturated heterocycles. The molecule has 11 heavy (non-hydrogen) atoms. The van der Waals surface area contributed by atoms with Crippen molar-refractivity contribution < 1.29 is 4.74 Å². The third-order valence-corrected chi connectivity index (χ3v) is 2.71. The lowest BCUT2D eigenvalue weighted by Crippen LogP contribution is -2.20. The second-order valence-electron chi connectivity index (χ2n) is 3.40. The van der Waals surface area contributed by atoms with Crippen molar-refractivity contribution in [2.45, 2.75) is 31.8 Å². The van der Waals surface area contributed by atoms with Crippen LogP contribution in [0.1, 0.15) is 25.7 Å². The lowest BCUT2D eigenvalue weighted by atomic mass is 9.84. The van der Waals surface area contributed by atoms with Crippen LogP contribution < -0.4 is 0 Å². The van der Waals surface area contributed by atoms with Gasteiger partial charge in [-0.3, -0.25) is 5.41 Å². The Kier molecular flexibility index (Phi) is 1.48. The standard InChI is InChI=1S/C9H13NO/c1-6-7-4-2-3-5-8(7)11-9(6)10/h7-8,10H,1-5H2/t7-,8+/m1/s1. The first-order chi connectivity index (χ1) is 5.29. The number of rotatable bonds is 0. The van der Waals surface area contributed by atoms with Crippen LogP contribution in [0.15, 0.2) is 12.2 Å². The fraction of sp³-hybridized carbons (Fsp3) is 0.667. The topological polar surface area (TPSA) is 33.1 Å². The highest BCUT2D eigenvalue weighted by molar-refractivity contribution is 5.93. The molecule has 2 atom stereocenters. The average molecular weight is 151 g/mol. The zero-order chi connectivity index (χ0) is 7.84. The van der Waals surface area contributed by atoms with Gasteiger partial charge in [0.1, 0.15) is 6.10 Å². The Labute approximate surface area is 66.8 Å². The van der Waals surface area contributed by atoms with Crippen LogP contribution in [0.2, 0.25) is 0 Å². The first-order valence-corrected chi connectivity index (χ1v) is 4.23. The second-order valence-corrected chi connectivity index (χ2v) is 3.40. The Morgan fingerprint density at radius 2 is 2.09 bits per heavy atom. The van der Waals surface area contributed by atoms with E-state index in [4.69, 9.17) is 10.1 Å². The van der Waals surface area contributed by atoms with Crippen LogP contribution >= 0.6 is 0 Å². The van der Waals surface area contributed by atoms with Crippen molar-refractivity contribution in [3.63, 3.8) is 0 Å². The van der Waals surface area contributed by atoms with Gasteiger partial charge in [0.25, 0.3) is 0 Å². The predicted octanol–water partition coefficient (Wildman–Crippen LogP) is 2.11. The van der Waals surface area contributed by atoms with E-state index in [1.807, 2.05) is 0 Å². The Morgan fingerprint density at radius 3 is 2.82 bits per heavy atom. The summed E-state index contributed by atoms with van der Waals surface area (Å²) in [4.78, 5) is 0. The summed E-state index contributed by atoms with van der Waals surface area (Å²) in [6.07, 6.45) is 5.11. The van der Waals surface area contributed by atoms with Gasteiger partial charge in [-0.25, -0.2) is 0 Å². The number of hydrogen-bond acceptors (Lipinski definition) is 2. The number of nitrogens with one attached hydrogen (secondary N) is 1. The van der Waals surface area contributed by atoms with Crippen molar-refractivity contribution in [3.05, 3.63) is 12.2 Å². The van der Waals surface area contributed by atoms with E-state index in [0.717, 1.165) is 12.0 Å². The van der Waals surface area contributed by atoms with Crippen molar-refractivity contribution >= 4 is 5.90 Å². The fourth-order valence-electron chi connectivity index (χ4n) is 2.03. The molecule has 2 nitrogen and oxygen atoms in total. The van der Waals surface area contributed by atoms with Gasteiger partial charge >= 0.3 is 0 Å². The lowest BCUT2D eigenvalue weighted by molar-refractivity contribution is 0.135. The quantitative estimate of drug-likeness (QED) is 0.565. The van der Waals surface area contributed by atoms with Crippen molar-refractivity contribution in [2.24, 2.45) is 5.92 Å². The largest absolute Gasteiger partial charge is 0.474 e. The van der Waals surface area contributed by atoms with Crippen LogP contribution in [0, 0.1) is 11.3 Å². The van der Waals surface area contributed by atoms with Crippen LogP contribution in [0.4, 0.5) is 0 Å². The number of ether oxygens (including phenoxy) is 1. The highest BCUT2D eigenvalue weighted by atomic mass is 16.5. The van der Waals surface area contributed by atoms with Gasteiger partial charge in [0, 0.05) is 11.5 Å². The van der Waals surface area contributed by atoms with E-state index >= 15 is 0 Å². The Bertz CT molecular complexity index is 210. The first kappa shape index (κ1) is 6.89. The normalized spacial score (nSPS) is 36.7. The van der Waals surface area contributed by atoms with Crippen molar-refractivity contribution in [1.82, 2.24) is 0 Å². The summed E-state index contributed by atoms with van der Waals surface area (Å²) >= 11 is 0. The molecule has 2 rings (SSSR count). The minimum absolute atomic E-state index is 0.295. The monoisotopic (exact) mass is 151 g/mol. The van der Waals surface area contributed by atoms with Gasteiger partial charge in [0.15, 0.2) is 0 Å². The fourth-order valence-corrected chi connectivity index (χ4v) is 2.03. The smallest absolute Gasteiger partial charge is 0.209 e. The zero-order valence-corrected chi connectivity index (χ0v) is 6.60. The summed E-state index contributed by atoms with van der Waals surface area (Å²) in [6.45, 7) is 3.87. The highest BCUT2D eigenvalue weighted by Gasteiger charge is 2.37. The molecule has 1 aliphatic carbocycles. The summed E-state index contributed by atoms with van der Waals surface area (Å²) in [7, 11) is 0. The van der Waals surface area contributed by atoms with E-state index in [2.05, 4.69) is 6.58 Å². The van der Waals surface area contributed by atoms with E-state index < -0.39 is 0 Å². The highest BCUT2D eigenvalue weighted by Crippen LogP contribution is 2.37. The molecular formula is C9H13NO. The zero-order valence-electron chi connectivity index (χ0n) is 6.60. The van der Waals surface area contributed by atoms with Gasteiger partial charge in [0.2, 0.25) is 5.90 Å². The molecule has 1 aliphatic heterocycles. The minimum Gasteiger partial charge on any atom is -0.474 e. The maximum absolute atomic E-state index is 7.43. The molecule has 1 saturated carbocycles. The maximum atomic E-state index is 7.43. The molecule has 2 fully saturated rings. The summed E-state index contributed by atoms with van der Waals surface area (Å²) in [5.41, 5.74) is 0.926. The molecule has 2 aliphatic rings. The first-order valence-electron chi connectivity index (χ1n) is 4.23. The molecule has 0 bridgehead atoms. The van der Waals surface area contributed by atoms with Gasteiger partial charge in [-0.05, 0) is 19.3 Å². The average Bonchev–Trinajstić information content (AvgIpc) is 2.30. The van der Waals surface area contributed by atoms with E-state index in [0.29, 0.717) is 17.9 Å². The Hall–Kier alpha value is -0.790. The summed E-state index contributed by atoms with van der Waals surface area (Å²) < 4.78 is 5.36. The summed E-state index contributed by atoms with van der Waals surface area (Å²) in [5, 5.41) is 7.43. The van der Waals surface area contributed by atoms with Crippen molar-refractivity contribution in [3.8, 4) is 0 Å². The lowest BCUT2D eigenvalue weighted by Gasteiger charge is -2.22. The van der Waals surface area contributed by atoms with Gasteiger partial charge < -0.3 is 4.74 Å². The van der Waals surface area contributed by atoms with Gasteiger partial charge in [-0.1, -0.05) is 13.0 Å². The van der Waals surface area contributed by atoms with Gasteiger partial charge in [-0.15, -0.1) is 0 Å². The second kappa shape index (κ2) is 2.36. The Morgan fingerprint density at radius 1 is 1.36 bits per heavy atom. The molecule has 0 aromatic rings. The SMILES string of the molecule is C=C1C(=N)O[C@H]2CCCC[C@H]12. The van der Waals surface area contributed by atoms with Crippen LogP contribution in [0.25, 0.3) is 0 Å². The van der Waals surface area contributed by atoms with Gasteiger partial charge in [0.05, 0.1) is 0 Å². The molecule has 0 amide bonds. The molecule has 1 heterocycles. The van der Waals surface area contributed by atoms with E-state index in [1.165, 1.54) is 19.3 Å². The van der Waals surface area contributed by atoms with Gasteiger partial charge in [-0.2, -0.15) is 0 Å². The summed E-state index contributed by atoms with van der Waals surface area (Å²) in [5.74, 6) is 0.804. The van der Waals surface area contributed by atoms with Crippen molar-refractivity contribution in [1.29, 1.82) is 5.41 Å². The molecule has 0 aromatic heterocycles. The summed E-state index contributed by atoms with van der Waals surface area (Å²) in [6, 6.07) is 0. The molecule has 0 spiro atoms. The van der Waals surface area contributed by atoms with Crippen LogP contribution in [-0.2, 0) is 4.74 Å². The van der Waals surface area contributed by atoms with E-state index in [9.17, 15) is 0 Å². The minimum atomic E-state index is 0.295. The molecule has 2 heteroatoms. The van der Waals surface area contributed by atoms with E-state index in [-0.39, 0.29) is 0 Å². The molecule has 0 radical (unpaired) electrons. The van der Waals surface area contributed by atoms with Crippen LogP contribution in [-0.4, -0.2) is 12.0 Å². The third kappa shape index (κ3) is 0.971. The number of fused-ring (bicyclic) bond motifs is 1. The van der Waals surface area contributed by atoms with Crippen LogP contribution in [0.5, 0.6) is 0 Å². The molecule has 60 valence electrons. The van der Waals surface area contributed by atoms with Crippen LogP contribution in [0.3, 0.4) is 0 Å². The Balaban J connectivity index is 2.18. The molecule has 0 unspecified atom stereocenters. The molecular weight excluding hydrogens is 138 g/mol. The number of hydrogen-bond donors (Lipinski definition) is 1. The van der Waals surface area contributed by atoms with Crippen molar-refractivity contribution in [2.75, 3.05) is 0 Å². The van der Waals surface area contributed by atoms with E-state index in [1.54, 1.807) is 0 Å². The maximum Gasteiger partial charge on any atom is 0.209 e.